The van der Waals surface area contributed by atoms with E-state index in [0.717, 1.165) is 4.90 Å². The highest BCUT2D eigenvalue weighted by molar-refractivity contribution is 6.10. The second kappa shape index (κ2) is 7.23. The molecule has 25 heavy (non-hydrogen) atoms. The van der Waals surface area contributed by atoms with Crippen molar-refractivity contribution in [2.45, 2.75) is 39.3 Å². The maximum absolute atomic E-state index is 12.9. The largest absolute Gasteiger partial charge is 0.347 e. The lowest BCUT2D eigenvalue weighted by Gasteiger charge is -2.32. The summed E-state index contributed by atoms with van der Waals surface area (Å²) >= 11 is 0. The lowest BCUT2D eigenvalue weighted by Crippen LogP contribution is -3.15. The van der Waals surface area contributed by atoms with E-state index < -0.39 is 6.04 Å². The molecule has 1 unspecified atom stereocenters. The highest BCUT2D eigenvalue weighted by Gasteiger charge is 2.34. The second-order valence-electron chi connectivity index (χ2n) is 7.53. The fraction of sp³-hybridized carbons (Fsp3) is 0.500. The Hall–Kier alpha value is -2.41. The minimum absolute atomic E-state index is 0.0122. The van der Waals surface area contributed by atoms with Gasteiger partial charge in [0.05, 0.1) is 18.4 Å². The summed E-state index contributed by atoms with van der Waals surface area (Å²) in [7, 11) is 1.81. The molecule has 3 amide bonds. The fourth-order valence-corrected chi connectivity index (χ4v) is 2.74. The van der Waals surface area contributed by atoms with Crippen molar-refractivity contribution < 1.29 is 19.3 Å². The predicted molar refractivity (Wildman–Crippen MR) is 96.5 cm³/mol. The van der Waals surface area contributed by atoms with Gasteiger partial charge in [0.2, 0.25) is 5.91 Å². The van der Waals surface area contributed by atoms with Crippen LogP contribution in [0.2, 0.25) is 0 Å². The molecule has 7 nitrogen and oxygen atoms in total. The average Bonchev–Trinajstić information content (AvgIpc) is 2.50. The highest BCUT2D eigenvalue weighted by atomic mass is 16.2. The van der Waals surface area contributed by atoms with Gasteiger partial charge in [0, 0.05) is 5.54 Å². The van der Waals surface area contributed by atoms with Crippen LogP contribution in [0, 0.1) is 0 Å². The number of nitrogens with zero attached hydrogens (tertiary/aromatic N) is 1. The quantitative estimate of drug-likeness (QED) is 0.705. The third-order valence-electron chi connectivity index (χ3n) is 4.10. The van der Waals surface area contributed by atoms with Crippen molar-refractivity contribution in [1.29, 1.82) is 0 Å². The van der Waals surface area contributed by atoms with Crippen LogP contribution in [-0.2, 0) is 14.4 Å². The van der Waals surface area contributed by atoms with Gasteiger partial charge in [-0.3, -0.25) is 19.3 Å². The lowest BCUT2D eigenvalue weighted by atomic mass is 10.1. The molecule has 1 aliphatic heterocycles. The summed E-state index contributed by atoms with van der Waals surface area (Å²) in [5, 5.41) is 5.66. The van der Waals surface area contributed by atoms with E-state index in [-0.39, 0.29) is 36.3 Å². The minimum atomic E-state index is -0.454. The summed E-state index contributed by atoms with van der Waals surface area (Å²) in [5.41, 5.74) is 1.00. The molecule has 0 bridgehead atoms. The smallest absolute Gasteiger partial charge is 0.285 e. The highest BCUT2D eigenvalue weighted by Crippen LogP contribution is 2.29. The van der Waals surface area contributed by atoms with E-state index in [1.54, 1.807) is 26.1 Å². The Balaban J connectivity index is 2.09. The molecule has 3 N–H and O–H groups in total. The number of quaternary nitrogens is 1. The first-order valence-corrected chi connectivity index (χ1v) is 8.42. The number of carbonyl (C=O) groups is 3. The Morgan fingerprint density at radius 2 is 1.96 bits per heavy atom. The lowest BCUT2D eigenvalue weighted by molar-refractivity contribution is -0.885. The van der Waals surface area contributed by atoms with E-state index in [1.165, 1.54) is 4.90 Å². The number of anilines is 2. The number of para-hydroxylation sites is 2. The van der Waals surface area contributed by atoms with Crippen LogP contribution >= 0.6 is 0 Å². The predicted octanol–water partition coefficient (Wildman–Crippen LogP) is -0.210. The van der Waals surface area contributed by atoms with Crippen molar-refractivity contribution in [3.63, 3.8) is 0 Å². The molecule has 1 heterocycles. The van der Waals surface area contributed by atoms with E-state index in [9.17, 15) is 14.4 Å². The van der Waals surface area contributed by atoms with E-state index in [1.807, 2.05) is 32.9 Å². The zero-order valence-electron chi connectivity index (χ0n) is 15.5. The molecule has 1 aromatic rings. The third-order valence-corrected chi connectivity index (χ3v) is 4.10. The molecule has 1 aliphatic rings. The molecular formula is C18H27N4O3+. The first-order chi connectivity index (χ1) is 11.6. The molecule has 136 valence electrons. The number of fused-ring (bicyclic) bond motifs is 1. The number of nitrogens with one attached hydrogen (secondary N) is 3. The van der Waals surface area contributed by atoms with E-state index >= 15 is 0 Å². The molecule has 2 atom stereocenters. The van der Waals surface area contributed by atoms with Crippen LogP contribution in [-0.4, -0.2) is 49.4 Å². The molecule has 0 saturated heterocycles. The van der Waals surface area contributed by atoms with Gasteiger partial charge in [-0.1, -0.05) is 12.1 Å². The second-order valence-corrected chi connectivity index (χ2v) is 7.53. The first-order valence-electron chi connectivity index (χ1n) is 8.42. The molecular weight excluding hydrogens is 320 g/mol. The van der Waals surface area contributed by atoms with Gasteiger partial charge in [0.1, 0.15) is 6.54 Å². The molecule has 0 fully saturated rings. The average molecular weight is 347 g/mol. The van der Waals surface area contributed by atoms with E-state index in [0.29, 0.717) is 11.4 Å². The fourth-order valence-electron chi connectivity index (χ4n) is 2.74. The number of hydrogen-bond acceptors (Lipinski definition) is 3. The monoisotopic (exact) mass is 347 g/mol. The molecule has 0 aliphatic carbocycles. The summed E-state index contributed by atoms with van der Waals surface area (Å²) < 4.78 is 0. The van der Waals surface area contributed by atoms with Gasteiger partial charge in [-0.05, 0) is 39.8 Å². The zero-order chi connectivity index (χ0) is 18.8. The molecule has 1 aromatic carbocycles. The summed E-state index contributed by atoms with van der Waals surface area (Å²) in [4.78, 5) is 39.2. The van der Waals surface area contributed by atoms with Crippen molar-refractivity contribution >= 4 is 29.1 Å². The Labute approximate surface area is 148 Å². The van der Waals surface area contributed by atoms with Crippen LogP contribution in [0.1, 0.15) is 27.7 Å². The standard InChI is InChI=1S/C18H26N4O3/c1-12(21(5)10-16(24)20-18(2,3)4)17(25)22-11-15(23)19-13-8-6-7-9-14(13)22/h6-9,12H,10-11H2,1-5H3,(H,19,23)(H,20,24)/p+1/t12-/m0/s1. The zero-order valence-corrected chi connectivity index (χ0v) is 15.5. The van der Waals surface area contributed by atoms with Gasteiger partial charge < -0.3 is 15.5 Å². The molecule has 0 saturated carbocycles. The van der Waals surface area contributed by atoms with Gasteiger partial charge in [0.25, 0.3) is 11.8 Å². The molecule has 0 spiro atoms. The van der Waals surface area contributed by atoms with Gasteiger partial charge >= 0.3 is 0 Å². The maximum Gasteiger partial charge on any atom is 0.285 e. The number of benzene rings is 1. The molecule has 7 heteroatoms. The number of hydrogen-bond donors (Lipinski definition) is 3. The summed E-state index contributed by atoms with van der Waals surface area (Å²) in [6, 6.07) is 6.76. The summed E-state index contributed by atoms with van der Waals surface area (Å²) in [6.07, 6.45) is 0. The van der Waals surface area contributed by atoms with Crippen molar-refractivity contribution in [3.05, 3.63) is 24.3 Å². The van der Waals surface area contributed by atoms with E-state index in [2.05, 4.69) is 10.6 Å². The molecule has 0 aromatic heterocycles. The van der Waals surface area contributed by atoms with Crippen molar-refractivity contribution in [1.82, 2.24) is 5.32 Å². The van der Waals surface area contributed by atoms with Crippen LogP contribution in [0.25, 0.3) is 0 Å². The van der Waals surface area contributed by atoms with Gasteiger partial charge in [-0.15, -0.1) is 0 Å². The first kappa shape index (κ1) is 18.9. The SMILES string of the molecule is C[C@@H](C(=O)N1CC(=O)Nc2ccccc21)[NH+](C)CC(=O)NC(C)(C)C. The Kier molecular flexibility index (Phi) is 5.47. The minimum Gasteiger partial charge on any atom is -0.347 e. The van der Waals surface area contributed by atoms with Crippen LogP contribution < -0.4 is 20.4 Å². The van der Waals surface area contributed by atoms with Crippen LogP contribution in [0.15, 0.2) is 24.3 Å². The number of amides is 3. The Morgan fingerprint density at radius 1 is 1.32 bits per heavy atom. The van der Waals surface area contributed by atoms with Crippen molar-refractivity contribution in [2.24, 2.45) is 0 Å². The number of carbonyl (C=O) groups excluding carboxylic acids is 3. The normalized spacial score (nSPS) is 16.5. The summed E-state index contributed by atoms with van der Waals surface area (Å²) in [6.45, 7) is 7.69. The van der Waals surface area contributed by atoms with Crippen molar-refractivity contribution in [2.75, 3.05) is 30.4 Å². The van der Waals surface area contributed by atoms with Gasteiger partial charge in [-0.2, -0.15) is 0 Å². The number of likely N-dealkylation sites (N-methyl/N-ethyl adjacent to an activating group) is 1. The van der Waals surface area contributed by atoms with Gasteiger partial charge in [-0.25, -0.2) is 0 Å². The molecule has 2 rings (SSSR count). The van der Waals surface area contributed by atoms with Gasteiger partial charge in [0.15, 0.2) is 12.6 Å². The maximum atomic E-state index is 12.9. The Bertz CT molecular complexity index is 681. The number of rotatable bonds is 4. The topological polar surface area (TPSA) is 83.0 Å². The van der Waals surface area contributed by atoms with E-state index in [4.69, 9.17) is 0 Å². The van der Waals surface area contributed by atoms with Crippen LogP contribution in [0.4, 0.5) is 11.4 Å². The van der Waals surface area contributed by atoms with Crippen molar-refractivity contribution in [3.8, 4) is 0 Å². The van der Waals surface area contributed by atoms with Crippen LogP contribution in [0.5, 0.6) is 0 Å². The Morgan fingerprint density at radius 3 is 2.60 bits per heavy atom. The third kappa shape index (κ3) is 4.79. The molecule has 0 radical (unpaired) electrons. The van der Waals surface area contributed by atoms with Crippen LogP contribution in [0.3, 0.4) is 0 Å². The summed E-state index contributed by atoms with van der Waals surface area (Å²) in [5.74, 6) is -0.507.